The van der Waals surface area contributed by atoms with Gasteiger partial charge < -0.3 is 4.74 Å². The van der Waals surface area contributed by atoms with E-state index < -0.39 is 0 Å². The second-order valence-corrected chi connectivity index (χ2v) is 5.39. The molecule has 0 aliphatic heterocycles. The van der Waals surface area contributed by atoms with E-state index in [0.717, 1.165) is 18.4 Å². The summed E-state index contributed by atoms with van der Waals surface area (Å²) in [7, 11) is 0. The van der Waals surface area contributed by atoms with E-state index in [1.165, 1.54) is 19.3 Å². The van der Waals surface area contributed by atoms with Gasteiger partial charge in [0.05, 0.1) is 0 Å². The maximum Gasteiger partial charge on any atom is 0.193 e. The highest BCUT2D eigenvalue weighted by molar-refractivity contribution is 5.99. The third kappa shape index (κ3) is 3.63. The van der Waals surface area contributed by atoms with E-state index in [9.17, 15) is 4.79 Å². The molecule has 1 heterocycles. The van der Waals surface area contributed by atoms with Crippen molar-refractivity contribution < 1.29 is 9.53 Å². The quantitative estimate of drug-likeness (QED) is 0.761. The van der Waals surface area contributed by atoms with Gasteiger partial charge in [-0.3, -0.25) is 9.78 Å². The molecule has 1 aliphatic rings. The Kier molecular flexibility index (Phi) is 5.08. The third-order valence-electron chi connectivity index (χ3n) is 3.84. The number of ketones is 1. The molecule has 104 valence electrons. The van der Waals surface area contributed by atoms with Crippen molar-refractivity contribution in [1.82, 2.24) is 4.98 Å². The van der Waals surface area contributed by atoms with Gasteiger partial charge in [-0.15, -0.1) is 0 Å². The molecule has 3 heteroatoms. The summed E-state index contributed by atoms with van der Waals surface area (Å²) in [5, 5.41) is 0. The Morgan fingerprint density at radius 1 is 1.37 bits per heavy atom. The number of carbonyl (C=O) groups is 1. The fourth-order valence-electron chi connectivity index (χ4n) is 2.90. The zero-order chi connectivity index (χ0) is 13.7. The lowest BCUT2D eigenvalue weighted by Crippen LogP contribution is -2.34. The number of carbonyl (C=O) groups excluding carboxylic acids is 1. The zero-order valence-corrected chi connectivity index (χ0v) is 11.9. The van der Waals surface area contributed by atoms with Crippen LogP contribution in [-0.2, 0) is 4.74 Å². The number of pyridine rings is 1. The normalized spacial score (nSPS) is 18.2. The summed E-state index contributed by atoms with van der Waals surface area (Å²) in [6.07, 6.45) is 9.08. The van der Waals surface area contributed by atoms with Gasteiger partial charge in [0.2, 0.25) is 0 Å². The summed E-state index contributed by atoms with van der Waals surface area (Å²) in [6, 6.07) is 1.91. The van der Waals surface area contributed by atoms with Crippen LogP contribution < -0.4 is 0 Å². The van der Waals surface area contributed by atoms with Crippen LogP contribution in [0.2, 0.25) is 0 Å². The molecular weight excluding hydrogens is 238 g/mol. The Labute approximate surface area is 115 Å². The lowest BCUT2D eigenvalue weighted by molar-refractivity contribution is 0.0126. The molecule has 0 aromatic carbocycles. The first-order valence-electron chi connectivity index (χ1n) is 7.30. The van der Waals surface area contributed by atoms with Gasteiger partial charge in [-0.05, 0) is 44.2 Å². The van der Waals surface area contributed by atoms with Crippen LogP contribution in [0.5, 0.6) is 0 Å². The topological polar surface area (TPSA) is 39.2 Å². The number of aromatic nitrogens is 1. The van der Waals surface area contributed by atoms with Crippen molar-refractivity contribution in [2.24, 2.45) is 5.92 Å². The lowest BCUT2D eigenvalue weighted by atomic mass is 9.82. The Morgan fingerprint density at radius 3 is 2.74 bits per heavy atom. The van der Waals surface area contributed by atoms with Gasteiger partial charge >= 0.3 is 0 Å². The summed E-state index contributed by atoms with van der Waals surface area (Å²) in [4.78, 5) is 16.7. The molecule has 1 atom stereocenters. The first-order chi connectivity index (χ1) is 9.22. The highest BCUT2D eigenvalue weighted by Gasteiger charge is 2.30. The molecule has 3 nitrogen and oxygen atoms in total. The van der Waals surface area contributed by atoms with Crippen LogP contribution in [0.15, 0.2) is 18.5 Å². The number of hydrogen-bond donors (Lipinski definition) is 0. The van der Waals surface area contributed by atoms with E-state index in [4.69, 9.17) is 4.74 Å². The SMILES string of the molecule is CCOC(C(=O)c1cncc(C)c1)C1CCCCC1. The van der Waals surface area contributed by atoms with Crippen molar-refractivity contribution in [3.63, 3.8) is 0 Å². The second kappa shape index (κ2) is 6.80. The Bertz CT molecular complexity index is 425. The highest BCUT2D eigenvalue weighted by Crippen LogP contribution is 2.29. The fraction of sp³-hybridized carbons (Fsp3) is 0.625. The molecule has 0 bridgehead atoms. The zero-order valence-electron chi connectivity index (χ0n) is 11.9. The van der Waals surface area contributed by atoms with Gasteiger partial charge in [-0.2, -0.15) is 0 Å². The molecule has 0 N–H and O–H groups in total. The van der Waals surface area contributed by atoms with E-state index in [1.54, 1.807) is 12.4 Å². The van der Waals surface area contributed by atoms with Crippen molar-refractivity contribution in [1.29, 1.82) is 0 Å². The van der Waals surface area contributed by atoms with Crippen molar-refractivity contribution in [3.8, 4) is 0 Å². The number of aryl methyl sites for hydroxylation is 1. The van der Waals surface area contributed by atoms with Gasteiger partial charge in [0, 0.05) is 24.6 Å². The lowest BCUT2D eigenvalue weighted by Gasteiger charge is -2.29. The second-order valence-electron chi connectivity index (χ2n) is 5.39. The summed E-state index contributed by atoms with van der Waals surface area (Å²) >= 11 is 0. The van der Waals surface area contributed by atoms with Crippen LogP contribution >= 0.6 is 0 Å². The summed E-state index contributed by atoms with van der Waals surface area (Å²) < 4.78 is 5.76. The Hall–Kier alpha value is -1.22. The number of rotatable bonds is 5. The van der Waals surface area contributed by atoms with Gasteiger partial charge in [0.1, 0.15) is 6.10 Å². The average Bonchev–Trinajstić information content (AvgIpc) is 2.45. The smallest absolute Gasteiger partial charge is 0.193 e. The van der Waals surface area contributed by atoms with Gasteiger partial charge in [-0.25, -0.2) is 0 Å². The number of nitrogens with zero attached hydrogens (tertiary/aromatic N) is 1. The minimum atomic E-state index is -0.283. The van der Waals surface area contributed by atoms with Crippen LogP contribution in [0.25, 0.3) is 0 Å². The number of ether oxygens (including phenoxy) is 1. The molecule has 19 heavy (non-hydrogen) atoms. The molecule has 1 unspecified atom stereocenters. The number of Topliss-reactive ketones (excluding diaryl/α,β-unsaturated/α-hetero) is 1. The van der Waals surface area contributed by atoms with Gasteiger partial charge in [-0.1, -0.05) is 19.3 Å². The van der Waals surface area contributed by atoms with E-state index in [2.05, 4.69) is 4.98 Å². The standard InChI is InChI=1S/C16H23NO2/c1-3-19-16(13-7-5-4-6-8-13)15(18)14-9-12(2)10-17-11-14/h9-11,13,16H,3-8H2,1-2H3. The van der Waals surface area contributed by atoms with E-state index in [1.807, 2.05) is 19.9 Å². The maximum absolute atomic E-state index is 12.6. The molecule has 0 saturated heterocycles. The molecule has 0 amide bonds. The summed E-state index contributed by atoms with van der Waals surface area (Å²) in [5.74, 6) is 0.478. The minimum Gasteiger partial charge on any atom is -0.370 e. The van der Waals surface area contributed by atoms with Gasteiger partial charge in [0.15, 0.2) is 5.78 Å². The predicted molar refractivity (Wildman–Crippen MR) is 75.3 cm³/mol. The van der Waals surface area contributed by atoms with Crippen LogP contribution in [-0.4, -0.2) is 23.5 Å². The molecular formula is C16H23NO2. The van der Waals surface area contributed by atoms with Crippen molar-refractivity contribution in [3.05, 3.63) is 29.6 Å². The van der Waals surface area contributed by atoms with Crippen molar-refractivity contribution >= 4 is 5.78 Å². The molecule has 1 aliphatic carbocycles. The predicted octanol–water partition coefficient (Wildman–Crippen LogP) is 3.56. The first kappa shape index (κ1) is 14.2. The molecule has 1 fully saturated rings. The molecule has 1 aromatic rings. The Morgan fingerprint density at radius 2 is 2.11 bits per heavy atom. The minimum absolute atomic E-state index is 0.102. The van der Waals surface area contributed by atoms with Crippen LogP contribution in [0, 0.1) is 12.8 Å². The average molecular weight is 261 g/mol. The van der Waals surface area contributed by atoms with Crippen molar-refractivity contribution in [2.75, 3.05) is 6.61 Å². The van der Waals surface area contributed by atoms with Crippen LogP contribution in [0.4, 0.5) is 0 Å². The number of hydrogen-bond acceptors (Lipinski definition) is 3. The largest absolute Gasteiger partial charge is 0.370 e. The van der Waals surface area contributed by atoms with Crippen molar-refractivity contribution in [2.45, 2.75) is 52.1 Å². The Balaban J connectivity index is 2.15. The molecule has 0 radical (unpaired) electrons. The molecule has 0 spiro atoms. The monoisotopic (exact) mass is 261 g/mol. The van der Waals surface area contributed by atoms with E-state index >= 15 is 0 Å². The highest BCUT2D eigenvalue weighted by atomic mass is 16.5. The molecule has 1 saturated carbocycles. The summed E-state index contributed by atoms with van der Waals surface area (Å²) in [6.45, 7) is 4.50. The first-order valence-corrected chi connectivity index (χ1v) is 7.30. The maximum atomic E-state index is 12.6. The third-order valence-corrected chi connectivity index (χ3v) is 3.84. The summed E-state index contributed by atoms with van der Waals surface area (Å²) in [5.41, 5.74) is 1.70. The fourth-order valence-corrected chi connectivity index (χ4v) is 2.90. The van der Waals surface area contributed by atoms with Crippen LogP contribution in [0.1, 0.15) is 54.9 Å². The molecule has 1 aromatic heterocycles. The van der Waals surface area contributed by atoms with E-state index in [0.29, 0.717) is 18.1 Å². The van der Waals surface area contributed by atoms with Gasteiger partial charge in [0.25, 0.3) is 0 Å². The van der Waals surface area contributed by atoms with Crippen LogP contribution in [0.3, 0.4) is 0 Å². The van der Waals surface area contributed by atoms with E-state index in [-0.39, 0.29) is 11.9 Å². The molecule has 2 rings (SSSR count).